The van der Waals surface area contributed by atoms with Crippen molar-refractivity contribution >= 4 is 0 Å². The van der Waals surface area contributed by atoms with Crippen LogP contribution in [0.15, 0.2) is 30.6 Å². The van der Waals surface area contributed by atoms with Gasteiger partial charge in [0.2, 0.25) is 0 Å². The molecule has 0 aromatic carbocycles. The second-order valence-corrected chi connectivity index (χ2v) is 3.45. The molecule has 0 fully saturated rings. The van der Waals surface area contributed by atoms with Gasteiger partial charge in [-0.2, -0.15) is 5.10 Å². The lowest BCUT2D eigenvalue weighted by molar-refractivity contribution is 0.662. The monoisotopic (exact) mass is 202 g/mol. The molecule has 2 aromatic rings. The van der Waals surface area contributed by atoms with Crippen molar-refractivity contribution in [2.75, 3.05) is 0 Å². The Labute approximate surface area is 88.8 Å². The van der Waals surface area contributed by atoms with Crippen LogP contribution in [0.25, 0.3) is 0 Å². The predicted octanol–water partition coefficient (Wildman–Crippen LogP) is 1.40. The summed E-state index contributed by atoms with van der Waals surface area (Å²) >= 11 is 0. The van der Waals surface area contributed by atoms with Gasteiger partial charge in [-0.1, -0.05) is 6.07 Å². The molecule has 2 N–H and O–H groups in total. The summed E-state index contributed by atoms with van der Waals surface area (Å²) in [6.45, 7) is 3.64. The minimum atomic E-state index is 0.783. The Morgan fingerprint density at radius 2 is 2.20 bits per heavy atom. The van der Waals surface area contributed by atoms with Gasteiger partial charge in [-0.25, -0.2) is 0 Å². The Balaban J connectivity index is 1.86. The van der Waals surface area contributed by atoms with E-state index >= 15 is 0 Å². The van der Waals surface area contributed by atoms with Crippen molar-refractivity contribution in [1.82, 2.24) is 20.5 Å². The van der Waals surface area contributed by atoms with Gasteiger partial charge in [0.05, 0.1) is 5.69 Å². The molecule has 78 valence electrons. The number of hydrogen-bond acceptors (Lipinski definition) is 3. The fourth-order valence-corrected chi connectivity index (χ4v) is 1.40. The highest BCUT2D eigenvalue weighted by molar-refractivity contribution is 5.17. The van der Waals surface area contributed by atoms with Gasteiger partial charge in [-0.05, 0) is 24.6 Å². The van der Waals surface area contributed by atoms with E-state index in [0.29, 0.717) is 0 Å². The summed E-state index contributed by atoms with van der Waals surface area (Å²) in [5.74, 6) is 0. The first kappa shape index (κ1) is 9.86. The van der Waals surface area contributed by atoms with E-state index in [1.165, 1.54) is 5.56 Å². The number of aromatic amines is 1. The minimum absolute atomic E-state index is 0.783. The molecule has 0 bridgehead atoms. The standard InChI is InChI=1S/C11H14N4/c1-9-3-2-5-13-11(9)8-12-7-10-4-6-14-15-10/h2-6,12H,7-8H2,1H3,(H,14,15). The number of aromatic nitrogens is 3. The van der Waals surface area contributed by atoms with Crippen LogP contribution in [0.3, 0.4) is 0 Å². The number of H-pyrrole nitrogens is 1. The van der Waals surface area contributed by atoms with Crippen LogP contribution in [0.5, 0.6) is 0 Å². The van der Waals surface area contributed by atoms with Crippen LogP contribution in [-0.4, -0.2) is 15.2 Å². The summed E-state index contributed by atoms with van der Waals surface area (Å²) < 4.78 is 0. The van der Waals surface area contributed by atoms with Gasteiger partial charge >= 0.3 is 0 Å². The van der Waals surface area contributed by atoms with Gasteiger partial charge in [0.15, 0.2) is 0 Å². The molecule has 0 atom stereocenters. The van der Waals surface area contributed by atoms with Crippen LogP contribution in [0.4, 0.5) is 0 Å². The van der Waals surface area contributed by atoms with Crippen LogP contribution in [0.1, 0.15) is 17.0 Å². The van der Waals surface area contributed by atoms with E-state index in [4.69, 9.17) is 0 Å². The van der Waals surface area contributed by atoms with Crippen molar-refractivity contribution < 1.29 is 0 Å². The van der Waals surface area contributed by atoms with E-state index in [1.54, 1.807) is 6.20 Å². The Bertz CT molecular complexity index is 408. The van der Waals surface area contributed by atoms with E-state index in [1.807, 2.05) is 18.3 Å². The van der Waals surface area contributed by atoms with E-state index in [9.17, 15) is 0 Å². The maximum absolute atomic E-state index is 4.31. The predicted molar refractivity (Wildman–Crippen MR) is 58.1 cm³/mol. The van der Waals surface area contributed by atoms with Crippen molar-refractivity contribution in [2.45, 2.75) is 20.0 Å². The first-order valence-corrected chi connectivity index (χ1v) is 4.96. The smallest absolute Gasteiger partial charge is 0.0570 e. The van der Waals surface area contributed by atoms with Crippen molar-refractivity contribution in [2.24, 2.45) is 0 Å². The van der Waals surface area contributed by atoms with Gasteiger partial charge in [0.25, 0.3) is 0 Å². The molecule has 0 aliphatic carbocycles. The van der Waals surface area contributed by atoms with Crippen LogP contribution >= 0.6 is 0 Å². The lowest BCUT2D eigenvalue weighted by atomic mass is 10.2. The molecule has 2 heterocycles. The molecule has 0 aliphatic rings. The second-order valence-electron chi connectivity index (χ2n) is 3.45. The average Bonchev–Trinajstić information content (AvgIpc) is 2.74. The maximum atomic E-state index is 4.31. The molecule has 0 aliphatic heterocycles. The third-order valence-electron chi connectivity index (χ3n) is 2.28. The van der Waals surface area contributed by atoms with Crippen LogP contribution < -0.4 is 5.32 Å². The van der Waals surface area contributed by atoms with E-state index in [0.717, 1.165) is 24.5 Å². The highest BCUT2D eigenvalue weighted by Gasteiger charge is 1.98. The third-order valence-corrected chi connectivity index (χ3v) is 2.28. The lowest BCUT2D eigenvalue weighted by Gasteiger charge is -2.05. The second kappa shape index (κ2) is 4.70. The summed E-state index contributed by atoms with van der Waals surface area (Å²) in [5.41, 5.74) is 3.40. The Hall–Kier alpha value is -1.68. The highest BCUT2D eigenvalue weighted by Crippen LogP contribution is 2.02. The van der Waals surface area contributed by atoms with E-state index < -0.39 is 0 Å². The zero-order valence-electron chi connectivity index (χ0n) is 8.70. The number of nitrogens with one attached hydrogen (secondary N) is 2. The third kappa shape index (κ3) is 2.63. The molecular weight excluding hydrogens is 188 g/mol. The van der Waals surface area contributed by atoms with E-state index in [-0.39, 0.29) is 0 Å². The molecule has 0 radical (unpaired) electrons. The topological polar surface area (TPSA) is 53.6 Å². The number of pyridine rings is 1. The first-order chi connectivity index (χ1) is 7.36. The Morgan fingerprint density at radius 1 is 1.27 bits per heavy atom. The molecule has 0 amide bonds. The molecule has 4 heteroatoms. The lowest BCUT2D eigenvalue weighted by Crippen LogP contribution is -2.14. The van der Waals surface area contributed by atoms with Gasteiger partial charge in [0, 0.05) is 31.2 Å². The number of nitrogens with zero attached hydrogens (tertiary/aromatic N) is 2. The Kier molecular flexibility index (Phi) is 3.09. The number of rotatable bonds is 4. The van der Waals surface area contributed by atoms with Gasteiger partial charge in [-0.15, -0.1) is 0 Å². The molecule has 0 unspecified atom stereocenters. The summed E-state index contributed by atoms with van der Waals surface area (Å²) in [5, 5.41) is 10.1. The van der Waals surface area contributed by atoms with Crippen molar-refractivity contribution in [3.8, 4) is 0 Å². The summed E-state index contributed by atoms with van der Waals surface area (Å²) in [4.78, 5) is 4.31. The molecule has 0 spiro atoms. The quantitative estimate of drug-likeness (QED) is 0.788. The van der Waals surface area contributed by atoms with Crippen LogP contribution in [0, 0.1) is 6.92 Å². The molecular formula is C11H14N4. The number of hydrogen-bond donors (Lipinski definition) is 2. The van der Waals surface area contributed by atoms with Gasteiger partial charge in [-0.3, -0.25) is 10.1 Å². The Morgan fingerprint density at radius 3 is 2.93 bits per heavy atom. The molecule has 2 aromatic heterocycles. The first-order valence-electron chi connectivity index (χ1n) is 4.96. The molecule has 15 heavy (non-hydrogen) atoms. The fraction of sp³-hybridized carbons (Fsp3) is 0.273. The largest absolute Gasteiger partial charge is 0.306 e. The minimum Gasteiger partial charge on any atom is -0.306 e. The van der Waals surface area contributed by atoms with Crippen molar-refractivity contribution in [3.05, 3.63) is 47.5 Å². The molecule has 4 nitrogen and oxygen atoms in total. The van der Waals surface area contributed by atoms with Gasteiger partial charge < -0.3 is 5.32 Å². The maximum Gasteiger partial charge on any atom is 0.0570 e. The van der Waals surface area contributed by atoms with Crippen LogP contribution in [-0.2, 0) is 13.1 Å². The number of aryl methyl sites for hydroxylation is 1. The van der Waals surface area contributed by atoms with Crippen molar-refractivity contribution in [1.29, 1.82) is 0 Å². The summed E-state index contributed by atoms with van der Waals surface area (Å²) in [6, 6.07) is 5.98. The molecule has 0 saturated heterocycles. The fourth-order valence-electron chi connectivity index (χ4n) is 1.40. The van der Waals surface area contributed by atoms with Gasteiger partial charge in [0.1, 0.15) is 0 Å². The highest BCUT2D eigenvalue weighted by atomic mass is 15.1. The zero-order chi connectivity index (χ0) is 10.5. The zero-order valence-corrected chi connectivity index (χ0v) is 8.70. The normalized spacial score (nSPS) is 10.5. The van der Waals surface area contributed by atoms with Crippen molar-refractivity contribution in [3.63, 3.8) is 0 Å². The SMILES string of the molecule is Cc1cccnc1CNCc1ccn[nH]1. The van der Waals surface area contributed by atoms with Crippen LogP contribution in [0.2, 0.25) is 0 Å². The summed E-state index contributed by atoms with van der Waals surface area (Å²) in [6.07, 6.45) is 3.57. The average molecular weight is 202 g/mol. The molecule has 0 saturated carbocycles. The summed E-state index contributed by atoms with van der Waals surface area (Å²) in [7, 11) is 0. The molecule has 2 rings (SSSR count). The van der Waals surface area contributed by atoms with E-state index in [2.05, 4.69) is 33.5 Å².